The normalized spacial score (nSPS) is 12.5. The number of nitrogens with one attached hydrogen (secondary N) is 1. The van der Waals surface area contributed by atoms with Crippen LogP contribution in [0.3, 0.4) is 0 Å². The monoisotopic (exact) mass is 415 g/mol. The van der Waals surface area contributed by atoms with E-state index in [0.717, 1.165) is 24.3 Å². The molecule has 0 spiro atoms. The zero-order valence-corrected chi connectivity index (χ0v) is 15.4. The molecule has 2 rings (SSSR count). The van der Waals surface area contributed by atoms with Gasteiger partial charge >= 0.3 is 11.7 Å². The largest absolute Gasteiger partial charge is 0.452 e. The Morgan fingerprint density at radius 1 is 1.04 bits per heavy atom. The van der Waals surface area contributed by atoms with Crippen LogP contribution in [0.25, 0.3) is 0 Å². The number of halogens is 3. The maximum absolute atomic E-state index is 12.9. The van der Waals surface area contributed by atoms with Crippen molar-refractivity contribution in [2.24, 2.45) is 0 Å². The first-order valence-electron chi connectivity index (χ1n) is 7.95. The Labute approximate surface area is 159 Å². The number of hydrogen-bond acceptors (Lipinski definition) is 5. The van der Waals surface area contributed by atoms with Crippen molar-refractivity contribution in [3.8, 4) is 0 Å². The highest BCUT2D eigenvalue weighted by atomic mass is 32.2. The van der Waals surface area contributed by atoms with Gasteiger partial charge in [0.1, 0.15) is 5.82 Å². The molecule has 1 amide bonds. The van der Waals surface area contributed by atoms with E-state index < -0.39 is 50.8 Å². The van der Waals surface area contributed by atoms with Crippen LogP contribution in [0.5, 0.6) is 0 Å². The Morgan fingerprint density at radius 2 is 1.61 bits per heavy atom. The molecule has 0 saturated heterocycles. The summed E-state index contributed by atoms with van der Waals surface area (Å²) >= 11 is 0. The zero-order chi connectivity index (χ0) is 20.9. The molecule has 2 aromatic rings. The second kappa shape index (κ2) is 8.87. The average Bonchev–Trinajstić information content (AvgIpc) is 2.66. The van der Waals surface area contributed by atoms with Crippen molar-refractivity contribution in [3.05, 3.63) is 65.5 Å². The number of carbonyl (C=O) groups excluding carboxylic acids is 2. The number of hydrogen-bond donors (Lipinski definition) is 1. The van der Waals surface area contributed by atoms with Crippen molar-refractivity contribution in [1.82, 2.24) is 5.32 Å². The van der Waals surface area contributed by atoms with Gasteiger partial charge < -0.3 is 10.1 Å². The minimum Gasteiger partial charge on any atom is -0.452 e. The number of carbonyl (C=O) groups is 2. The molecule has 0 unspecified atom stereocenters. The van der Waals surface area contributed by atoms with Crippen molar-refractivity contribution in [2.45, 2.75) is 23.6 Å². The lowest BCUT2D eigenvalue weighted by Crippen LogP contribution is -2.31. The summed E-state index contributed by atoms with van der Waals surface area (Å²) in [5.41, 5.74) is 0.546. The van der Waals surface area contributed by atoms with E-state index in [-0.39, 0.29) is 5.56 Å². The third kappa shape index (κ3) is 5.32. The van der Waals surface area contributed by atoms with Gasteiger partial charge in [0.2, 0.25) is 9.84 Å². The van der Waals surface area contributed by atoms with E-state index in [9.17, 15) is 31.2 Å². The van der Waals surface area contributed by atoms with Gasteiger partial charge in [-0.15, -0.1) is 0 Å². The van der Waals surface area contributed by atoms with Gasteiger partial charge in [0, 0.05) is 0 Å². The lowest BCUT2D eigenvalue weighted by Gasteiger charge is -2.14. The fraction of sp³-hybridized carbons (Fsp3) is 0.222. The highest BCUT2D eigenvalue weighted by Gasteiger charge is 2.26. The quantitative estimate of drug-likeness (QED) is 0.703. The molecular weight excluding hydrogens is 399 g/mol. The first-order chi connectivity index (χ1) is 13.1. The maximum Gasteiger partial charge on any atom is 0.341 e. The molecule has 0 aromatic heterocycles. The summed E-state index contributed by atoms with van der Waals surface area (Å²) in [6, 6.07) is 8.77. The number of amides is 1. The summed E-state index contributed by atoms with van der Waals surface area (Å²) in [6.45, 7) is 1.05. The first-order valence-corrected chi connectivity index (χ1v) is 9.50. The smallest absolute Gasteiger partial charge is 0.341 e. The van der Waals surface area contributed by atoms with Crippen molar-refractivity contribution in [3.63, 3.8) is 0 Å². The average molecular weight is 415 g/mol. The van der Waals surface area contributed by atoms with Crippen molar-refractivity contribution < 1.29 is 35.9 Å². The SMILES string of the molecule is C[C@H](NC(=O)COC(=O)c1ccc(S(=O)(=O)C(F)F)cc1)c1ccc(F)cc1. The second-order valence-electron chi connectivity index (χ2n) is 5.75. The van der Waals surface area contributed by atoms with Crippen LogP contribution in [0.15, 0.2) is 53.4 Å². The Bertz CT molecular complexity index is 944. The molecule has 0 aliphatic rings. The molecule has 0 heterocycles. The molecular formula is C18H16F3NO5S. The number of sulfone groups is 1. The number of ether oxygens (including phenoxy) is 1. The minimum absolute atomic E-state index is 0.104. The predicted octanol–water partition coefficient (Wildman–Crippen LogP) is 2.86. The van der Waals surface area contributed by atoms with Crippen LogP contribution < -0.4 is 5.32 Å². The lowest BCUT2D eigenvalue weighted by molar-refractivity contribution is -0.124. The van der Waals surface area contributed by atoms with Crippen molar-refractivity contribution in [1.29, 1.82) is 0 Å². The van der Waals surface area contributed by atoms with E-state index in [1.54, 1.807) is 6.92 Å². The van der Waals surface area contributed by atoms with E-state index in [2.05, 4.69) is 5.32 Å². The summed E-state index contributed by atoms with van der Waals surface area (Å²) in [5, 5.41) is 2.56. The van der Waals surface area contributed by atoms with Gasteiger partial charge in [0.15, 0.2) is 6.61 Å². The molecule has 0 radical (unpaired) electrons. The number of benzene rings is 2. The third-order valence-corrected chi connectivity index (χ3v) is 5.13. The van der Waals surface area contributed by atoms with Gasteiger partial charge in [-0.25, -0.2) is 17.6 Å². The summed E-state index contributed by atoms with van der Waals surface area (Å²) in [5.74, 6) is -5.52. The van der Waals surface area contributed by atoms with E-state index in [1.165, 1.54) is 24.3 Å². The maximum atomic E-state index is 12.9. The van der Waals surface area contributed by atoms with Gasteiger partial charge in [-0.2, -0.15) is 8.78 Å². The van der Waals surface area contributed by atoms with Gasteiger partial charge in [-0.1, -0.05) is 12.1 Å². The minimum atomic E-state index is -4.76. The van der Waals surface area contributed by atoms with Crippen LogP contribution in [0.2, 0.25) is 0 Å². The fourth-order valence-electron chi connectivity index (χ4n) is 2.22. The Hall–Kier alpha value is -2.88. The Balaban J connectivity index is 1.91. The molecule has 0 aliphatic carbocycles. The van der Waals surface area contributed by atoms with E-state index >= 15 is 0 Å². The summed E-state index contributed by atoms with van der Waals surface area (Å²) < 4.78 is 65.3. The fourth-order valence-corrected chi connectivity index (χ4v) is 2.94. The van der Waals surface area contributed by atoms with Gasteiger partial charge in [0.05, 0.1) is 16.5 Å². The number of rotatable bonds is 7. The molecule has 0 aliphatic heterocycles. The number of esters is 1. The van der Waals surface area contributed by atoms with Crippen LogP contribution in [-0.4, -0.2) is 32.7 Å². The second-order valence-corrected chi connectivity index (χ2v) is 7.66. The summed E-state index contributed by atoms with van der Waals surface area (Å²) in [4.78, 5) is 23.1. The van der Waals surface area contributed by atoms with Crippen LogP contribution in [0.4, 0.5) is 13.2 Å². The molecule has 10 heteroatoms. The first kappa shape index (κ1) is 21.4. The predicted molar refractivity (Wildman–Crippen MR) is 92.9 cm³/mol. The van der Waals surface area contributed by atoms with Crippen LogP contribution in [0, 0.1) is 5.82 Å². The molecule has 28 heavy (non-hydrogen) atoms. The zero-order valence-electron chi connectivity index (χ0n) is 14.6. The van der Waals surface area contributed by atoms with E-state index in [1.807, 2.05) is 0 Å². The summed E-state index contributed by atoms with van der Waals surface area (Å²) in [6.07, 6.45) is 0. The highest BCUT2D eigenvalue weighted by Crippen LogP contribution is 2.19. The van der Waals surface area contributed by atoms with Crippen LogP contribution >= 0.6 is 0 Å². The van der Waals surface area contributed by atoms with Crippen LogP contribution in [-0.2, 0) is 19.4 Å². The third-order valence-electron chi connectivity index (χ3n) is 3.73. The molecule has 0 saturated carbocycles. The lowest BCUT2D eigenvalue weighted by atomic mass is 10.1. The Morgan fingerprint density at radius 3 is 2.14 bits per heavy atom. The Kier molecular flexibility index (Phi) is 6.79. The van der Waals surface area contributed by atoms with Gasteiger partial charge in [-0.05, 0) is 48.9 Å². The van der Waals surface area contributed by atoms with E-state index in [0.29, 0.717) is 5.56 Å². The molecule has 1 atom stereocenters. The molecule has 0 bridgehead atoms. The molecule has 6 nitrogen and oxygen atoms in total. The molecule has 2 aromatic carbocycles. The molecule has 150 valence electrons. The van der Waals surface area contributed by atoms with Gasteiger partial charge in [-0.3, -0.25) is 4.79 Å². The molecule has 1 N–H and O–H groups in total. The van der Waals surface area contributed by atoms with Crippen molar-refractivity contribution >= 4 is 21.7 Å². The van der Waals surface area contributed by atoms with Crippen LogP contribution in [0.1, 0.15) is 28.9 Å². The number of alkyl halides is 2. The topological polar surface area (TPSA) is 89.5 Å². The van der Waals surface area contributed by atoms with E-state index in [4.69, 9.17) is 4.74 Å². The summed E-state index contributed by atoms with van der Waals surface area (Å²) in [7, 11) is -4.76. The standard InChI is InChI=1S/C18H16F3NO5S/c1-11(12-2-6-14(19)7-3-12)22-16(23)10-27-17(24)13-4-8-15(9-5-13)28(25,26)18(20)21/h2-9,11,18H,10H2,1H3,(H,22,23)/t11-/m0/s1. The van der Waals surface area contributed by atoms with Gasteiger partial charge in [0.25, 0.3) is 5.91 Å². The molecule has 0 fully saturated rings. The highest BCUT2D eigenvalue weighted by molar-refractivity contribution is 7.91. The van der Waals surface area contributed by atoms with Crippen molar-refractivity contribution in [2.75, 3.05) is 6.61 Å².